The molecule has 3 nitrogen and oxygen atoms in total. The zero-order valence-electron chi connectivity index (χ0n) is 10.8. The molecule has 104 valence electrons. The Kier molecular flexibility index (Phi) is 5.42. The molecule has 2 N–H and O–H groups in total. The lowest BCUT2D eigenvalue weighted by Crippen LogP contribution is -2.51. The lowest BCUT2D eigenvalue weighted by atomic mass is 9.97. The van der Waals surface area contributed by atoms with Gasteiger partial charge >= 0.3 is 0 Å². The van der Waals surface area contributed by atoms with Crippen LogP contribution in [-0.4, -0.2) is 28.9 Å². The van der Waals surface area contributed by atoms with Crippen molar-refractivity contribution in [3.8, 4) is 0 Å². The number of halogens is 2. The number of carbonyl (C=O) groups excluding carboxylic acids is 1. The average molecular weight is 390 g/mol. The molecule has 2 aliphatic carbocycles. The highest BCUT2D eigenvalue weighted by Gasteiger charge is 2.24. The Morgan fingerprint density at radius 2 is 2.05 bits per heavy atom. The van der Waals surface area contributed by atoms with Gasteiger partial charge in [-0.05, 0) is 18.9 Å². The number of allylic oxidation sites excluding steroid dienone is 3. The minimum atomic E-state index is -0.0108. The Morgan fingerprint density at radius 1 is 1.26 bits per heavy atom. The Bertz CT molecular complexity index is 431. The predicted molar refractivity (Wildman–Crippen MR) is 85.6 cm³/mol. The number of alkyl halides is 1. The van der Waals surface area contributed by atoms with Crippen LogP contribution in [0.1, 0.15) is 19.8 Å². The van der Waals surface area contributed by atoms with Gasteiger partial charge in [-0.3, -0.25) is 4.79 Å². The lowest BCUT2D eigenvalue weighted by molar-refractivity contribution is -0.119. The third-order valence-corrected chi connectivity index (χ3v) is 4.56. The molecule has 0 saturated carbocycles. The summed E-state index contributed by atoms with van der Waals surface area (Å²) in [5.74, 6) is -0.0108. The molecule has 4 unspecified atom stereocenters. The second kappa shape index (κ2) is 6.86. The highest BCUT2D eigenvalue weighted by molar-refractivity contribution is 9.11. The van der Waals surface area contributed by atoms with Gasteiger partial charge in [-0.2, -0.15) is 0 Å². The zero-order chi connectivity index (χ0) is 13.8. The van der Waals surface area contributed by atoms with E-state index in [1.54, 1.807) is 6.92 Å². The van der Waals surface area contributed by atoms with Crippen LogP contribution in [0.15, 0.2) is 34.9 Å². The molecule has 0 heterocycles. The lowest BCUT2D eigenvalue weighted by Gasteiger charge is -2.31. The summed E-state index contributed by atoms with van der Waals surface area (Å²) in [5.41, 5.74) is 0. The second-order valence-corrected chi connectivity index (χ2v) is 7.01. The van der Waals surface area contributed by atoms with E-state index in [0.29, 0.717) is 10.9 Å². The van der Waals surface area contributed by atoms with Crippen molar-refractivity contribution in [3.63, 3.8) is 0 Å². The molecule has 0 aromatic heterocycles. The minimum absolute atomic E-state index is 0.00744. The molecular formula is C14H18Br2N2O. The van der Waals surface area contributed by atoms with Gasteiger partial charge in [0.15, 0.2) is 0 Å². The van der Waals surface area contributed by atoms with Gasteiger partial charge in [-0.1, -0.05) is 56.2 Å². The van der Waals surface area contributed by atoms with Crippen molar-refractivity contribution >= 4 is 37.8 Å². The molecule has 0 bridgehead atoms. The number of rotatable bonds is 3. The SMILES string of the molecule is CC(=O)NC1C=C(Br)C=CC1NC1C=CC(Br)CC1. The van der Waals surface area contributed by atoms with E-state index in [4.69, 9.17) is 0 Å². The molecular weight excluding hydrogens is 372 g/mol. The smallest absolute Gasteiger partial charge is 0.217 e. The van der Waals surface area contributed by atoms with E-state index in [9.17, 15) is 4.79 Å². The highest BCUT2D eigenvalue weighted by atomic mass is 79.9. The maximum atomic E-state index is 11.3. The average Bonchev–Trinajstić information content (AvgIpc) is 2.34. The van der Waals surface area contributed by atoms with E-state index in [0.717, 1.165) is 17.3 Å². The van der Waals surface area contributed by atoms with E-state index < -0.39 is 0 Å². The fourth-order valence-corrected chi connectivity index (χ4v) is 3.22. The van der Waals surface area contributed by atoms with Crippen LogP contribution in [0.4, 0.5) is 0 Å². The molecule has 19 heavy (non-hydrogen) atoms. The topological polar surface area (TPSA) is 41.1 Å². The number of hydrogen-bond acceptors (Lipinski definition) is 2. The van der Waals surface area contributed by atoms with Gasteiger partial charge in [0.1, 0.15) is 0 Å². The van der Waals surface area contributed by atoms with Crippen molar-refractivity contribution in [2.24, 2.45) is 0 Å². The number of nitrogens with one attached hydrogen (secondary N) is 2. The molecule has 0 fully saturated rings. The third kappa shape index (κ3) is 4.58. The molecule has 1 amide bonds. The minimum Gasteiger partial charge on any atom is -0.348 e. The van der Waals surface area contributed by atoms with Crippen molar-refractivity contribution in [2.75, 3.05) is 0 Å². The first-order chi connectivity index (χ1) is 9.04. The molecule has 2 rings (SSSR count). The van der Waals surface area contributed by atoms with Crippen LogP contribution in [0, 0.1) is 0 Å². The van der Waals surface area contributed by atoms with Crippen LogP contribution in [0.5, 0.6) is 0 Å². The standard InChI is InChI=1S/C14H18Br2N2O/c1-9(19)17-14-8-11(16)4-7-13(14)18-12-5-2-10(15)3-6-12/h2,4-5,7-8,10,12-14,18H,3,6H2,1H3,(H,17,19). The van der Waals surface area contributed by atoms with Crippen molar-refractivity contribution in [1.82, 2.24) is 10.6 Å². The first kappa shape index (κ1) is 15.0. The summed E-state index contributed by atoms with van der Waals surface area (Å²) in [5, 5.41) is 6.55. The van der Waals surface area contributed by atoms with Gasteiger partial charge in [-0.25, -0.2) is 0 Å². The number of carbonyl (C=O) groups is 1. The molecule has 4 atom stereocenters. The van der Waals surface area contributed by atoms with E-state index in [1.807, 2.05) is 12.2 Å². The number of hydrogen-bond donors (Lipinski definition) is 2. The first-order valence-corrected chi connectivity index (χ1v) is 8.16. The van der Waals surface area contributed by atoms with Crippen molar-refractivity contribution in [3.05, 3.63) is 34.9 Å². The summed E-state index contributed by atoms with van der Waals surface area (Å²) in [6.07, 6.45) is 12.8. The van der Waals surface area contributed by atoms with Crippen molar-refractivity contribution in [2.45, 2.75) is 42.7 Å². The molecule has 0 spiro atoms. The Balaban J connectivity index is 1.99. The molecule has 0 aliphatic heterocycles. The summed E-state index contributed by atoms with van der Waals surface area (Å²) in [6.45, 7) is 1.55. The van der Waals surface area contributed by atoms with Gasteiger partial charge in [0.2, 0.25) is 5.91 Å². The summed E-state index contributed by atoms with van der Waals surface area (Å²) in [6, 6.07) is 0.490. The maximum Gasteiger partial charge on any atom is 0.217 e. The fraction of sp³-hybridized carbons (Fsp3) is 0.500. The van der Waals surface area contributed by atoms with Crippen LogP contribution >= 0.6 is 31.9 Å². The van der Waals surface area contributed by atoms with Gasteiger partial charge in [0.25, 0.3) is 0 Å². The Labute approximate surface area is 130 Å². The van der Waals surface area contributed by atoms with E-state index in [1.165, 1.54) is 0 Å². The van der Waals surface area contributed by atoms with E-state index in [-0.39, 0.29) is 18.0 Å². The predicted octanol–water partition coefficient (Wildman–Crippen LogP) is 2.78. The largest absolute Gasteiger partial charge is 0.348 e. The summed E-state index contributed by atoms with van der Waals surface area (Å²) in [4.78, 5) is 11.8. The van der Waals surface area contributed by atoms with Crippen LogP contribution in [-0.2, 0) is 4.79 Å². The van der Waals surface area contributed by atoms with Crippen LogP contribution in [0.3, 0.4) is 0 Å². The molecule has 2 aliphatic rings. The third-order valence-electron chi connectivity index (χ3n) is 3.27. The Hall–Kier alpha value is -0.390. The number of amides is 1. The van der Waals surface area contributed by atoms with E-state index in [2.05, 4.69) is 60.7 Å². The van der Waals surface area contributed by atoms with Crippen molar-refractivity contribution in [1.29, 1.82) is 0 Å². The normalized spacial score (nSPS) is 33.9. The van der Waals surface area contributed by atoms with Crippen LogP contribution in [0.25, 0.3) is 0 Å². The summed E-state index contributed by atoms with van der Waals surface area (Å²) >= 11 is 7.05. The molecule has 0 radical (unpaired) electrons. The second-order valence-electron chi connectivity index (χ2n) is 4.91. The molecule has 0 saturated heterocycles. The molecule has 5 heteroatoms. The maximum absolute atomic E-state index is 11.3. The first-order valence-electron chi connectivity index (χ1n) is 6.45. The molecule has 0 aromatic rings. The molecule has 0 aromatic carbocycles. The summed E-state index contributed by atoms with van der Waals surface area (Å²) < 4.78 is 1.00. The van der Waals surface area contributed by atoms with Gasteiger partial charge in [-0.15, -0.1) is 0 Å². The van der Waals surface area contributed by atoms with E-state index >= 15 is 0 Å². The van der Waals surface area contributed by atoms with Gasteiger partial charge in [0, 0.05) is 22.3 Å². The van der Waals surface area contributed by atoms with Crippen LogP contribution < -0.4 is 10.6 Å². The van der Waals surface area contributed by atoms with Crippen LogP contribution in [0.2, 0.25) is 0 Å². The van der Waals surface area contributed by atoms with Crippen molar-refractivity contribution < 1.29 is 4.79 Å². The fourth-order valence-electron chi connectivity index (χ4n) is 2.34. The van der Waals surface area contributed by atoms with Gasteiger partial charge in [0.05, 0.1) is 12.1 Å². The zero-order valence-corrected chi connectivity index (χ0v) is 13.9. The summed E-state index contributed by atoms with van der Waals surface area (Å²) in [7, 11) is 0. The quantitative estimate of drug-likeness (QED) is 0.575. The highest BCUT2D eigenvalue weighted by Crippen LogP contribution is 2.21. The Morgan fingerprint density at radius 3 is 2.68 bits per heavy atom. The monoisotopic (exact) mass is 388 g/mol. The van der Waals surface area contributed by atoms with Gasteiger partial charge < -0.3 is 10.6 Å².